The highest BCUT2D eigenvalue weighted by Crippen LogP contribution is 2.25. The number of ketones is 1. The van der Waals surface area contributed by atoms with Crippen molar-refractivity contribution >= 4 is 5.78 Å². The van der Waals surface area contributed by atoms with E-state index in [2.05, 4.69) is 24.3 Å². The fraction of sp³-hybridized carbons (Fsp3) is 0.500. The molecule has 1 fully saturated rings. The summed E-state index contributed by atoms with van der Waals surface area (Å²) in [6, 6.07) is 10.5. The number of benzene rings is 1. The molecule has 0 spiro atoms. The van der Waals surface area contributed by atoms with Crippen LogP contribution in [0.4, 0.5) is 0 Å². The zero-order chi connectivity index (χ0) is 10.5. The molecule has 1 nitrogen and oxygen atoms in total. The zero-order valence-electron chi connectivity index (χ0n) is 9.11. The van der Waals surface area contributed by atoms with E-state index in [0.717, 1.165) is 38.5 Å². The Bertz CT molecular complexity index is 315. The molecule has 15 heavy (non-hydrogen) atoms. The average molecular weight is 202 g/mol. The lowest BCUT2D eigenvalue weighted by molar-refractivity contribution is -0.120. The fourth-order valence-electron chi connectivity index (χ4n) is 2.39. The molecular formula is C14H18O. The lowest BCUT2D eigenvalue weighted by Gasteiger charge is -2.07. The number of rotatable bonds is 4. The summed E-state index contributed by atoms with van der Waals surface area (Å²) in [5.41, 5.74) is 1.39. The highest BCUT2D eigenvalue weighted by Gasteiger charge is 2.23. The Kier molecular flexibility index (Phi) is 3.54. The highest BCUT2D eigenvalue weighted by atomic mass is 16.1. The van der Waals surface area contributed by atoms with Gasteiger partial charge < -0.3 is 0 Å². The molecule has 0 saturated heterocycles. The SMILES string of the molecule is O=C1CCCC1CCCc1ccccc1. The Labute approximate surface area is 91.5 Å². The second kappa shape index (κ2) is 5.11. The van der Waals surface area contributed by atoms with Gasteiger partial charge in [0.2, 0.25) is 0 Å². The second-order valence-electron chi connectivity index (χ2n) is 4.43. The van der Waals surface area contributed by atoms with Crippen molar-refractivity contribution in [2.75, 3.05) is 0 Å². The van der Waals surface area contributed by atoms with E-state index in [1.165, 1.54) is 5.56 Å². The van der Waals surface area contributed by atoms with Gasteiger partial charge >= 0.3 is 0 Å². The van der Waals surface area contributed by atoms with Crippen LogP contribution in [0, 0.1) is 5.92 Å². The van der Waals surface area contributed by atoms with Crippen LogP contribution in [0.25, 0.3) is 0 Å². The number of carbonyl (C=O) groups is 1. The molecule has 0 amide bonds. The topological polar surface area (TPSA) is 17.1 Å². The first-order chi connectivity index (χ1) is 7.36. The number of Topliss-reactive ketones (excluding diaryl/α,β-unsaturated/α-hetero) is 1. The molecule has 0 aromatic heterocycles. The second-order valence-corrected chi connectivity index (χ2v) is 4.43. The van der Waals surface area contributed by atoms with Gasteiger partial charge in [0, 0.05) is 12.3 Å². The lowest BCUT2D eigenvalue weighted by Crippen LogP contribution is -2.06. The van der Waals surface area contributed by atoms with Crippen LogP contribution < -0.4 is 0 Å². The van der Waals surface area contributed by atoms with E-state index in [4.69, 9.17) is 0 Å². The van der Waals surface area contributed by atoms with Gasteiger partial charge in [0.1, 0.15) is 5.78 Å². The van der Waals surface area contributed by atoms with Crippen molar-refractivity contribution in [1.82, 2.24) is 0 Å². The van der Waals surface area contributed by atoms with Gasteiger partial charge in [0.15, 0.2) is 0 Å². The first-order valence-electron chi connectivity index (χ1n) is 5.93. The summed E-state index contributed by atoms with van der Waals surface area (Å²) in [5, 5.41) is 0. The van der Waals surface area contributed by atoms with E-state index in [9.17, 15) is 4.79 Å². The van der Waals surface area contributed by atoms with E-state index in [0.29, 0.717) is 11.7 Å². The van der Waals surface area contributed by atoms with Gasteiger partial charge in [-0.3, -0.25) is 4.79 Å². The molecule has 0 heterocycles. The predicted molar refractivity (Wildman–Crippen MR) is 61.7 cm³/mol. The minimum Gasteiger partial charge on any atom is -0.299 e. The van der Waals surface area contributed by atoms with Crippen LogP contribution in [-0.4, -0.2) is 5.78 Å². The number of hydrogen-bond donors (Lipinski definition) is 0. The van der Waals surface area contributed by atoms with Crippen LogP contribution in [0.15, 0.2) is 30.3 Å². The Morgan fingerprint density at radius 1 is 1.20 bits per heavy atom. The molecule has 1 heteroatoms. The Morgan fingerprint density at radius 3 is 2.67 bits per heavy atom. The summed E-state index contributed by atoms with van der Waals surface area (Å²) >= 11 is 0. The summed E-state index contributed by atoms with van der Waals surface area (Å²) < 4.78 is 0. The standard InChI is InChI=1S/C14H18O/c15-14-11-5-10-13(14)9-4-8-12-6-2-1-3-7-12/h1-3,6-7,13H,4-5,8-11H2. The van der Waals surface area contributed by atoms with E-state index in [1.807, 2.05) is 6.07 Å². The first kappa shape index (κ1) is 10.4. The van der Waals surface area contributed by atoms with Crippen LogP contribution in [0.3, 0.4) is 0 Å². The number of carbonyl (C=O) groups excluding carboxylic acids is 1. The van der Waals surface area contributed by atoms with Gasteiger partial charge in [-0.25, -0.2) is 0 Å². The molecule has 0 N–H and O–H groups in total. The molecule has 1 atom stereocenters. The van der Waals surface area contributed by atoms with Gasteiger partial charge in [0.25, 0.3) is 0 Å². The Balaban J connectivity index is 1.73. The van der Waals surface area contributed by atoms with E-state index in [-0.39, 0.29) is 0 Å². The van der Waals surface area contributed by atoms with Crippen LogP contribution in [0.1, 0.15) is 37.7 Å². The average Bonchev–Trinajstić information content (AvgIpc) is 2.66. The minimum atomic E-state index is 0.383. The largest absolute Gasteiger partial charge is 0.299 e. The molecule has 0 aliphatic heterocycles. The fourth-order valence-corrected chi connectivity index (χ4v) is 2.39. The maximum atomic E-state index is 11.4. The summed E-state index contributed by atoms with van der Waals surface area (Å²) in [4.78, 5) is 11.4. The molecule has 1 aromatic rings. The van der Waals surface area contributed by atoms with Crippen molar-refractivity contribution < 1.29 is 4.79 Å². The predicted octanol–water partition coefficient (Wildman–Crippen LogP) is 3.38. The van der Waals surface area contributed by atoms with Gasteiger partial charge in [-0.15, -0.1) is 0 Å². The Morgan fingerprint density at radius 2 is 2.00 bits per heavy atom. The summed E-state index contributed by atoms with van der Waals surface area (Å²) in [6.45, 7) is 0. The van der Waals surface area contributed by atoms with E-state index in [1.54, 1.807) is 0 Å². The normalized spacial score (nSPS) is 20.8. The van der Waals surface area contributed by atoms with Crippen LogP contribution in [0.2, 0.25) is 0 Å². The maximum absolute atomic E-state index is 11.4. The third kappa shape index (κ3) is 2.92. The molecule has 1 saturated carbocycles. The summed E-state index contributed by atoms with van der Waals surface area (Å²) in [6.07, 6.45) is 6.44. The number of aryl methyl sites for hydroxylation is 1. The quantitative estimate of drug-likeness (QED) is 0.731. The third-order valence-corrected chi connectivity index (χ3v) is 3.29. The van der Waals surface area contributed by atoms with E-state index >= 15 is 0 Å². The molecule has 1 unspecified atom stereocenters. The van der Waals surface area contributed by atoms with Crippen molar-refractivity contribution in [3.63, 3.8) is 0 Å². The zero-order valence-corrected chi connectivity index (χ0v) is 9.11. The van der Waals surface area contributed by atoms with Crippen molar-refractivity contribution in [3.05, 3.63) is 35.9 Å². The van der Waals surface area contributed by atoms with Crippen LogP contribution >= 0.6 is 0 Å². The highest BCUT2D eigenvalue weighted by molar-refractivity contribution is 5.82. The molecule has 80 valence electrons. The summed E-state index contributed by atoms with van der Waals surface area (Å²) in [7, 11) is 0. The number of hydrogen-bond acceptors (Lipinski definition) is 1. The van der Waals surface area contributed by atoms with Gasteiger partial charge in [-0.2, -0.15) is 0 Å². The lowest BCUT2D eigenvalue weighted by atomic mass is 9.98. The molecular weight excluding hydrogens is 184 g/mol. The third-order valence-electron chi connectivity index (χ3n) is 3.29. The molecule has 2 rings (SSSR count). The Hall–Kier alpha value is -1.11. The van der Waals surface area contributed by atoms with Crippen molar-refractivity contribution in [1.29, 1.82) is 0 Å². The summed E-state index contributed by atoms with van der Waals surface area (Å²) in [5.74, 6) is 0.886. The molecule has 0 bridgehead atoms. The monoisotopic (exact) mass is 202 g/mol. The maximum Gasteiger partial charge on any atom is 0.135 e. The van der Waals surface area contributed by atoms with E-state index < -0.39 is 0 Å². The molecule has 1 aliphatic rings. The smallest absolute Gasteiger partial charge is 0.135 e. The van der Waals surface area contributed by atoms with Gasteiger partial charge in [-0.05, 0) is 37.7 Å². The molecule has 1 aromatic carbocycles. The van der Waals surface area contributed by atoms with Gasteiger partial charge in [0.05, 0.1) is 0 Å². The van der Waals surface area contributed by atoms with Crippen LogP contribution in [-0.2, 0) is 11.2 Å². The first-order valence-corrected chi connectivity index (χ1v) is 5.93. The van der Waals surface area contributed by atoms with Crippen LogP contribution in [0.5, 0.6) is 0 Å². The minimum absolute atomic E-state index is 0.383. The van der Waals surface area contributed by atoms with Crippen molar-refractivity contribution in [3.8, 4) is 0 Å². The van der Waals surface area contributed by atoms with Crippen molar-refractivity contribution in [2.45, 2.75) is 38.5 Å². The molecule has 1 aliphatic carbocycles. The molecule has 0 radical (unpaired) electrons. The van der Waals surface area contributed by atoms with Crippen molar-refractivity contribution in [2.24, 2.45) is 5.92 Å². The van der Waals surface area contributed by atoms with Gasteiger partial charge in [-0.1, -0.05) is 30.3 Å².